The topological polar surface area (TPSA) is 107 Å². The summed E-state index contributed by atoms with van der Waals surface area (Å²) in [5.41, 5.74) is 4.19. The molecule has 3 heterocycles. The molecule has 1 aliphatic heterocycles. The van der Waals surface area contributed by atoms with Gasteiger partial charge in [0.2, 0.25) is 5.91 Å². The fourth-order valence-electron chi connectivity index (χ4n) is 5.19. The number of imidazole rings is 1. The number of pyridine rings is 1. The fraction of sp³-hybridized carbons (Fsp3) is 0.281. The molecule has 10 heteroatoms. The monoisotopic (exact) mass is 581 g/mol. The summed E-state index contributed by atoms with van der Waals surface area (Å²) in [7, 11) is 0. The number of nitrogens with zero attached hydrogens (tertiary/aromatic N) is 6. The molecule has 0 spiro atoms. The third-order valence-corrected chi connectivity index (χ3v) is 7.61. The van der Waals surface area contributed by atoms with E-state index >= 15 is 0 Å². The van der Waals surface area contributed by atoms with Crippen LogP contribution in [0.15, 0.2) is 85.6 Å². The van der Waals surface area contributed by atoms with Gasteiger partial charge in [-0.15, -0.1) is 0 Å². The van der Waals surface area contributed by atoms with E-state index in [9.17, 15) is 9.59 Å². The molecule has 1 aliphatic rings. The van der Waals surface area contributed by atoms with Crippen LogP contribution >= 0.6 is 11.6 Å². The second-order valence-corrected chi connectivity index (χ2v) is 10.7. The first kappa shape index (κ1) is 29.0. The van der Waals surface area contributed by atoms with Gasteiger partial charge in [0.25, 0.3) is 5.91 Å². The van der Waals surface area contributed by atoms with Gasteiger partial charge in [-0.2, -0.15) is 5.26 Å². The Morgan fingerprint density at radius 3 is 2.69 bits per heavy atom. The second-order valence-electron chi connectivity index (χ2n) is 10.3. The van der Waals surface area contributed by atoms with Crippen molar-refractivity contribution in [1.82, 2.24) is 29.7 Å². The summed E-state index contributed by atoms with van der Waals surface area (Å²) in [4.78, 5) is 38.9. The van der Waals surface area contributed by atoms with Crippen LogP contribution < -0.4 is 5.32 Å². The summed E-state index contributed by atoms with van der Waals surface area (Å²) in [5.74, 6) is -0.238. The van der Waals surface area contributed by atoms with Crippen LogP contribution in [0, 0.1) is 11.3 Å². The van der Waals surface area contributed by atoms with Crippen LogP contribution in [0.2, 0.25) is 5.02 Å². The maximum Gasteiger partial charge on any atom is 0.256 e. The van der Waals surface area contributed by atoms with Crippen LogP contribution in [0.1, 0.15) is 45.6 Å². The fourth-order valence-corrected chi connectivity index (χ4v) is 5.40. The van der Waals surface area contributed by atoms with E-state index < -0.39 is 6.04 Å². The number of likely N-dealkylation sites (tertiary alicyclic amines) is 1. The summed E-state index contributed by atoms with van der Waals surface area (Å²) in [5, 5.41) is 13.1. The zero-order valence-corrected chi connectivity index (χ0v) is 24.0. The predicted octanol–water partition coefficient (Wildman–Crippen LogP) is 4.27. The summed E-state index contributed by atoms with van der Waals surface area (Å²) in [6.07, 6.45) is 8.06. The van der Waals surface area contributed by atoms with Crippen LogP contribution in [0.5, 0.6) is 0 Å². The molecule has 214 valence electrons. The number of nitriles is 1. The Hall–Kier alpha value is -4.52. The Bertz CT molecular complexity index is 1550. The van der Waals surface area contributed by atoms with Crippen LogP contribution in [0.4, 0.5) is 0 Å². The molecule has 0 saturated carbocycles. The first-order chi connectivity index (χ1) is 20.5. The highest BCUT2D eigenvalue weighted by Crippen LogP contribution is 2.23. The maximum atomic E-state index is 13.5. The number of halogens is 1. The summed E-state index contributed by atoms with van der Waals surface area (Å²) < 4.78 is 2.07. The third kappa shape index (κ3) is 7.21. The average Bonchev–Trinajstić information content (AvgIpc) is 3.61. The first-order valence-corrected chi connectivity index (χ1v) is 14.3. The molecule has 9 nitrogen and oxygen atoms in total. The maximum absolute atomic E-state index is 13.5. The quantitative estimate of drug-likeness (QED) is 0.250. The van der Waals surface area contributed by atoms with Gasteiger partial charge in [-0.1, -0.05) is 35.9 Å². The van der Waals surface area contributed by atoms with Crippen LogP contribution in [-0.2, 0) is 24.4 Å². The van der Waals surface area contributed by atoms with Crippen molar-refractivity contribution in [2.75, 3.05) is 19.6 Å². The van der Waals surface area contributed by atoms with Gasteiger partial charge in [-0.05, 0) is 66.9 Å². The lowest BCUT2D eigenvalue weighted by Crippen LogP contribution is -2.46. The van der Waals surface area contributed by atoms with Gasteiger partial charge in [0.05, 0.1) is 29.2 Å². The van der Waals surface area contributed by atoms with E-state index in [-0.39, 0.29) is 11.8 Å². The van der Waals surface area contributed by atoms with E-state index in [1.165, 1.54) is 0 Å². The molecule has 1 saturated heterocycles. The van der Waals surface area contributed by atoms with Gasteiger partial charge in [0.15, 0.2) is 0 Å². The number of rotatable bonds is 12. The van der Waals surface area contributed by atoms with Crippen molar-refractivity contribution in [2.45, 2.75) is 38.5 Å². The van der Waals surface area contributed by atoms with E-state index in [1.54, 1.807) is 40.7 Å². The highest BCUT2D eigenvalue weighted by atomic mass is 35.5. The van der Waals surface area contributed by atoms with E-state index in [0.29, 0.717) is 68.3 Å². The van der Waals surface area contributed by atoms with Crippen molar-refractivity contribution in [2.24, 2.45) is 0 Å². The summed E-state index contributed by atoms with van der Waals surface area (Å²) in [6.45, 7) is 3.41. The number of amides is 2. The number of nitrogens with one attached hydrogen (secondary N) is 1. The third-order valence-electron chi connectivity index (χ3n) is 7.37. The molecule has 4 aromatic rings. The molecule has 1 fully saturated rings. The molecule has 5 rings (SSSR count). The summed E-state index contributed by atoms with van der Waals surface area (Å²) >= 11 is 6.14. The van der Waals surface area contributed by atoms with Gasteiger partial charge >= 0.3 is 0 Å². The highest BCUT2D eigenvalue weighted by molar-refractivity contribution is 6.30. The number of aromatic nitrogens is 3. The first-order valence-electron chi connectivity index (χ1n) is 13.9. The molecule has 2 amide bonds. The Balaban J connectivity index is 1.18. The van der Waals surface area contributed by atoms with Gasteiger partial charge in [-0.25, -0.2) is 4.98 Å². The highest BCUT2D eigenvalue weighted by Gasteiger charge is 2.38. The summed E-state index contributed by atoms with van der Waals surface area (Å²) in [6, 6.07) is 20.1. The average molecular weight is 582 g/mol. The normalized spacial score (nSPS) is 14.6. The molecule has 42 heavy (non-hydrogen) atoms. The molecule has 0 unspecified atom stereocenters. The molecule has 1 N–H and O–H groups in total. The Morgan fingerprint density at radius 1 is 1.07 bits per heavy atom. The number of benzene rings is 2. The SMILES string of the molecule is N#Cc1ccc(Cn2cncc2CNCCCN(C(=O)c2cccnc2)[C@H]2CCN(Cc3cccc(Cl)c3)C2=O)cc1. The lowest BCUT2D eigenvalue weighted by molar-refractivity contribution is -0.132. The zero-order chi connectivity index (χ0) is 29.3. The predicted molar refractivity (Wildman–Crippen MR) is 159 cm³/mol. The van der Waals surface area contributed by atoms with Crippen molar-refractivity contribution in [3.63, 3.8) is 0 Å². The lowest BCUT2D eigenvalue weighted by Gasteiger charge is -2.28. The van der Waals surface area contributed by atoms with Gasteiger partial charge in [0.1, 0.15) is 6.04 Å². The molecule has 2 aromatic carbocycles. The van der Waals surface area contributed by atoms with E-state index in [4.69, 9.17) is 16.9 Å². The Morgan fingerprint density at radius 2 is 1.93 bits per heavy atom. The van der Waals surface area contributed by atoms with Crippen LogP contribution in [0.25, 0.3) is 0 Å². The van der Waals surface area contributed by atoms with E-state index in [0.717, 1.165) is 16.8 Å². The number of carbonyl (C=O) groups is 2. The zero-order valence-electron chi connectivity index (χ0n) is 23.2. The van der Waals surface area contributed by atoms with Crippen molar-refractivity contribution in [1.29, 1.82) is 5.26 Å². The minimum Gasteiger partial charge on any atom is -0.336 e. The van der Waals surface area contributed by atoms with Crippen molar-refractivity contribution < 1.29 is 9.59 Å². The van der Waals surface area contributed by atoms with E-state index in [2.05, 4.69) is 25.9 Å². The standard InChI is InChI=1S/C32H32ClN7O2/c33-28-6-1-4-26(16-28)22-38-15-11-30(32(38)42)40(31(41)27-5-2-12-35-18-27)14-3-13-36-19-29-20-37-23-39(29)21-25-9-7-24(17-34)8-10-25/h1-2,4-10,12,16,18,20,23,30,36H,3,11,13-15,19,21-22H2/t30-/m0/s1. The minimum absolute atomic E-state index is 0.0492. The largest absolute Gasteiger partial charge is 0.336 e. The molecule has 1 atom stereocenters. The van der Waals surface area contributed by atoms with Gasteiger partial charge in [-0.3, -0.25) is 14.6 Å². The molecular weight excluding hydrogens is 550 g/mol. The van der Waals surface area contributed by atoms with Crippen LogP contribution in [-0.4, -0.2) is 61.8 Å². The molecule has 0 bridgehead atoms. The lowest BCUT2D eigenvalue weighted by atomic mass is 10.1. The minimum atomic E-state index is -0.522. The number of hydrogen-bond donors (Lipinski definition) is 1. The van der Waals surface area contributed by atoms with Crippen molar-refractivity contribution in [3.8, 4) is 6.07 Å². The number of hydrogen-bond acceptors (Lipinski definition) is 6. The van der Waals surface area contributed by atoms with Gasteiger partial charge < -0.3 is 19.7 Å². The molecule has 2 aromatic heterocycles. The smallest absolute Gasteiger partial charge is 0.256 e. The van der Waals surface area contributed by atoms with E-state index in [1.807, 2.05) is 54.7 Å². The van der Waals surface area contributed by atoms with Crippen molar-refractivity contribution >= 4 is 23.4 Å². The molecular formula is C32H32ClN7O2. The Kier molecular flexibility index (Phi) is 9.59. The molecule has 0 aliphatic carbocycles. The van der Waals surface area contributed by atoms with Gasteiger partial charge in [0, 0.05) is 56.3 Å². The van der Waals surface area contributed by atoms with Crippen LogP contribution in [0.3, 0.4) is 0 Å². The number of carbonyl (C=O) groups excluding carboxylic acids is 2. The Labute approximate surface area is 250 Å². The van der Waals surface area contributed by atoms with Crippen molar-refractivity contribution in [3.05, 3.63) is 119 Å². The second kappa shape index (κ2) is 13.9. The molecule has 0 radical (unpaired) electrons.